The van der Waals surface area contributed by atoms with Crippen LogP contribution >= 0.6 is 11.3 Å². The Morgan fingerprint density at radius 1 is 1.50 bits per heavy atom. The van der Waals surface area contributed by atoms with Crippen molar-refractivity contribution in [3.63, 3.8) is 0 Å². The Kier molecular flexibility index (Phi) is 4.26. The van der Waals surface area contributed by atoms with Crippen molar-refractivity contribution < 1.29 is 9.53 Å². The molecular weight excluding hydrogens is 304 g/mol. The molecule has 0 aromatic carbocycles. The molecule has 3 heterocycles. The molecule has 0 saturated heterocycles. The molecule has 3 rings (SSSR count). The van der Waals surface area contributed by atoms with Crippen LogP contribution in [0.2, 0.25) is 0 Å². The Hall–Kier alpha value is -2.52. The lowest BCUT2D eigenvalue weighted by Gasteiger charge is -2.00. The van der Waals surface area contributed by atoms with E-state index in [-0.39, 0.29) is 5.91 Å². The van der Waals surface area contributed by atoms with Gasteiger partial charge in [0.25, 0.3) is 5.91 Å². The van der Waals surface area contributed by atoms with Crippen molar-refractivity contribution in [3.8, 4) is 10.6 Å². The maximum atomic E-state index is 12.2. The second-order valence-corrected chi connectivity index (χ2v) is 5.32. The van der Waals surface area contributed by atoms with Crippen LogP contribution in [0.5, 0.6) is 0 Å². The highest BCUT2D eigenvalue weighted by molar-refractivity contribution is 7.13. The molecular formula is C13H14N6O2S. The number of hydrogen-bond acceptors (Lipinski definition) is 6. The number of hydrogen-bond donors (Lipinski definition) is 2. The number of thiazole rings is 1. The lowest BCUT2D eigenvalue weighted by molar-refractivity contribution is 0.102. The zero-order valence-corrected chi connectivity index (χ0v) is 12.6. The summed E-state index contributed by atoms with van der Waals surface area (Å²) in [6, 6.07) is 0. The number of methoxy groups -OCH3 is 1. The summed E-state index contributed by atoms with van der Waals surface area (Å²) in [5.41, 5.74) is 1.85. The maximum absolute atomic E-state index is 12.2. The molecule has 0 unspecified atom stereocenters. The molecule has 8 nitrogen and oxygen atoms in total. The van der Waals surface area contributed by atoms with Gasteiger partial charge in [-0.25, -0.2) is 4.98 Å². The van der Waals surface area contributed by atoms with E-state index >= 15 is 0 Å². The Balaban J connectivity index is 1.65. The number of nitrogens with one attached hydrogen (secondary N) is 2. The third-order valence-electron chi connectivity index (χ3n) is 2.90. The number of amides is 1. The van der Waals surface area contributed by atoms with Gasteiger partial charge in [0.05, 0.1) is 31.2 Å². The minimum atomic E-state index is -0.266. The summed E-state index contributed by atoms with van der Waals surface area (Å²) < 4.78 is 6.68. The Labute approximate surface area is 130 Å². The third-order valence-corrected chi connectivity index (χ3v) is 3.79. The van der Waals surface area contributed by atoms with E-state index in [1.54, 1.807) is 42.0 Å². The lowest BCUT2D eigenvalue weighted by atomic mass is 10.4. The van der Waals surface area contributed by atoms with Gasteiger partial charge in [0.2, 0.25) is 0 Å². The van der Waals surface area contributed by atoms with Crippen molar-refractivity contribution in [2.24, 2.45) is 0 Å². The van der Waals surface area contributed by atoms with Crippen LogP contribution in [0, 0.1) is 0 Å². The highest BCUT2D eigenvalue weighted by Gasteiger charge is 2.13. The predicted octanol–water partition coefficient (Wildman–Crippen LogP) is 1.63. The minimum Gasteiger partial charge on any atom is -0.383 e. The third kappa shape index (κ3) is 3.21. The van der Waals surface area contributed by atoms with Crippen LogP contribution in [0.1, 0.15) is 10.5 Å². The summed E-state index contributed by atoms with van der Waals surface area (Å²) in [5.74, 6) is -0.266. The van der Waals surface area contributed by atoms with E-state index in [9.17, 15) is 4.79 Å². The van der Waals surface area contributed by atoms with Gasteiger partial charge in [0, 0.05) is 30.4 Å². The van der Waals surface area contributed by atoms with Crippen LogP contribution in [-0.4, -0.2) is 44.6 Å². The summed E-state index contributed by atoms with van der Waals surface area (Å²) in [7, 11) is 1.63. The number of carbonyl (C=O) groups is 1. The van der Waals surface area contributed by atoms with E-state index < -0.39 is 0 Å². The first-order chi connectivity index (χ1) is 10.8. The normalized spacial score (nSPS) is 10.8. The molecule has 0 aliphatic heterocycles. The number of aromatic nitrogens is 5. The Bertz CT molecular complexity index is 748. The largest absolute Gasteiger partial charge is 0.383 e. The molecule has 9 heteroatoms. The fourth-order valence-electron chi connectivity index (χ4n) is 1.81. The van der Waals surface area contributed by atoms with Crippen LogP contribution < -0.4 is 5.32 Å². The Morgan fingerprint density at radius 2 is 2.41 bits per heavy atom. The molecule has 0 spiro atoms. The van der Waals surface area contributed by atoms with Gasteiger partial charge in [-0.3, -0.25) is 14.6 Å². The molecule has 0 radical (unpaired) electrons. The number of anilines is 1. The van der Waals surface area contributed by atoms with E-state index in [1.165, 1.54) is 11.3 Å². The molecule has 114 valence electrons. The van der Waals surface area contributed by atoms with Crippen molar-refractivity contribution >= 4 is 22.9 Å². The van der Waals surface area contributed by atoms with E-state index in [0.29, 0.717) is 24.5 Å². The summed E-state index contributed by atoms with van der Waals surface area (Å²) in [6.07, 6.45) is 6.75. The number of carbonyl (C=O) groups excluding carboxylic acids is 1. The van der Waals surface area contributed by atoms with Crippen LogP contribution in [0.4, 0.5) is 5.69 Å². The second-order valence-electron chi connectivity index (χ2n) is 4.46. The van der Waals surface area contributed by atoms with E-state index in [4.69, 9.17) is 4.74 Å². The summed E-state index contributed by atoms with van der Waals surface area (Å²) in [6.45, 7) is 1.20. The molecule has 1 amide bonds. The lowest BCUT2D eigenvalue weighted by Crippen LogP contribution is -2.12. The van der Waals surface area contributed by atoms with E-state index in [2.05, 4.69) is 25.6 Å². The standard InChI is InChI=1S/C13H14N6O2S/c1-21-3-2-19-7-10(6-16-19)17-12(20)11-8-22-13(18-11)9-4-14-15-5-9/h4-8H,2-3H2,1H3,(H,14,15)(H,17,20). The predicted molar refractivity (Wildman–Crippen MR) is 81.8 cm³/mol. The van der Waals surface area contributed by atoms with Gasteiger partial charge < -0.3 is 10.1 Å². The van der Waals surface area contributed by atoms with Crippen molar-refractivity contribution in [2.45, 2.75) is 6.54 Å². The first-order valence-electron chi connectivity index (χ1n) is 6.53. The number of H-pyrrole nitrogens is 1. The fourth-order valence-corrected chi connectivity index (χ4v) is 2.59. The summed E-state index contributed by atoms with van der Waals surface area (Å²) >= 11 is 1.39. The average Bonchev–Trinajstić information content (AvgIpc) is 3.25. The summed E-state index contributed by atoms with van der Waals surface area (Å²) in [4.78, 5) is 16.5. The summed E-state index contributed by atoms with van der Waals surface area (Å²) in [5, 5.41) is 16.0. The molecule has 3 aromatic heterocycles. The first-order valence-corrected chi connectivity index (χ1v) is 7.41. The molecule has 0 aliphatic rings. The van der Waals surface area contributed by atoms with E-state index in [0.717, 1.165) is 10.6 Å². The van der Waals surface area contributed by atoms with E-state index in [1.807, 2.05) is 0 Å². The molecule has 0 atom stereocenters. The second kappa shape index (κ2) is 6.50. The van der Waals surface area contributed by atoms with Gasteiger partial charge in [0.15, 0.2) is 0 Å². The first kappa shape index (κ1) is 14.4. The minimum absolute atomic E-state index is 0.266. The monoisotopic (exact) mass is 318 g/mol. The highest BCUT2D eigenvalue weighted by atomic mass is 32.1. The van der Waals surface area contributed by atoms with Crippen molar-refractivity contribution in [1.82, 2.24) is 25.0 Å². The van der Waals surface area contributed by atoms with Crippen molar-refractivity contribution in [2.75, 3.05) is 19.0 Å². The Morgan fingerprint density at radius 3 is 3.18 bits per heavy atom. The fraction of sp³-hybridized carbons (Fsp3) is 0.231. The van der Waals surface area contributed by atoms with Crippen LogP contribution in [0.15, 0.2) is 30.2 Å². The maximum Gasteiger partial charge on any atom is 0.275 e. The zero-order chi connectivity index (χ0) is 15.4. The number of nitrogens with zero attached hydrogens (tertiary/aromatic N) is 4. The van der Waals surface area contributed by atoms with Gasteiger partial charge in [-0.2, -0.15) is 10.2 Å². The van der Waals surface area contributed by atoms with Gasteiger partial charge in [-0.05, 0) is 0 Å². The van der Waals surface area contributed by atoms with Crippen LogP contribution in [0.25, 0.3) is 10.6 Å². The number of ether oxygens (including phenoxy) is 1. The van der Waals surface area contributed by atoms with Crippen molar-refractivity contribution in [3.05, 3.63) is 35.9 Å². The SMILES string of the molecule is COCCn1cc(NC(=O)c2csc(-c3cn[nH]c3)n2)cn1. The smallest absolute Gasteiger partial charge is 0.275 e. The molecule has 3 aromatic rings. The van der Waals surface area contributed by atoms with Crippen molar-refractivity contribution in [1.29, 1.82) is 0 Å². The molecule has 2 N–H and O–H groups in total. The molecule has 0 fully saturated rings. The zero-order valence-electron chi connectivity index (χ0n) is 11.8. The van der Waals surface area contributed by atoms with Crippen LogP contribution in [0.3, 0.4) is 0 Å². The highest BCUT2D eigenvalue weighted by Crippen LogP contribution is 2.22. The van der Waals surface area contributed by atoms with Gasteiger partial charge in [-0.1, -0.05) is 0 Å². The van der Waals surface area contributed by atoms with Gasteiger partial charge >= 0.3 is 0 Å². The van der Waals surface area contributed by atoms with Gasteiger partial charge in [0.1, 0.15) is 10.7 Å². The average molecular weight is 318 g/mol. The molecule has 0 saturated carbocycles. The number of rotatable bonds is 6. The topological polar surface area (TPSA) is 97.7 Å². The molecule has 0 aliphatic carbocycles. The quantitative estimate of drug-likeness (QED) is 0.720. The molecule has 22 heavy (non-hydrogen) atoms. The van der Waals surface area contributed by atoms with Crippen LogP contribution in [-0.2, 0) is 11.3 Å². The molecule has 0 bridgehead atoms. The number of aromatic amines is 1. The van der Waals surface area contributed by atoms with Gasteiger partial charge in [-0.15, -0.1) is 11.3 Å².